The Balaban J connectivity index is 2.14. The van der Waals surface area contributed by atoms with Crippen LogP contribution in [-0.2, 0) is 0 Å². The second-order valence-electron chi connectivity index (χ2n) is 5.36. The highest BCUT2D eigenvalue weighted by Crippen LogP contribution is 2.21. The van der Waals surface area contributed by atoms with Gasteiger partial charge >= 0.3 is 0 Å². The molecule has 104 valence electrons. The molecule has 0 heterocycles. The fourth-order valence-electron chi connectivity index (χ4n) is 2.74. The van der Waals surface area contributed by atoms with Gasteiger partial charge in [-0.05, 0) is 44.4 Å². The van der Waals surface area contributed by atoms with Gasteiger partial charge in [0.2, 0.25) is 0 Å². The van der Waals surface area contributed by atoms with Gasteiger partial charge in [0, 0.05) is 12.2 Å². The van der Waals surface area contributed by atoms with Crippen molar-refractivity contribution in [2.75, 3.05) is 11.4 Å². The van der Waals surface area contributed by atoms with Crippen molar-refractivity contribution in [3.63, 3.8) is 0 Å². The summed E-state index contributed by atoms with van der Waals surface area (Å²) in [6.07, 6.45) is 6.30. The molecular weight excluding hydrogens is 234 g/mol. The third-order valence-electron chi connectivity index (χ3n) is 3.80. The lowest BCUT2D eigenvalue weighted by Crippen LogP contribution is -2.38. The first kappa shape index (κ1) is 13.9. The van der Waals surface area contributed by atoms with Gasteiger partial charge in [-0.2, -0.15) is 0 Å². The van der Waals surface area contributed by atoms with Crippen LogP contribution in [0.5, 0.6) is 0 Å². The third-order valence-corrected chi connectivity index (χ3v) is 3.80. The highest BCUT2D eigenvalue weighted by molar-refractivity contribution is 5.94. The standard InChI is InChI=1S/C16H25N3/c1-3-19(15-11-7-8-13(2)12-15)16(17)18-14-9-5-4-6-10-14/h7-8,11-12,14H,3-6,9-10H2,1-2H3,(H2,17,18). The summed E-state index contributed by atoms with van der Waals surface area (Å²) >= 11 is 0. The van der Waals surface area contributed by atoms with Crippen LogP contribution in [0.25, 0.3) is 0 Å². The third kappa shape index (κ3) is 3.72. The highest BCUT2D eigenvalue weighted by atomic mass is 15.3. The minimum atomic E-state index is 0.424. The molecule has 0 unspecified atom stereocenters. The molecule has 19 heavy (non-hydrogen) atoms. The molecule has 0 amide bonds. The van der Waals surface area contributed by atoms with Crippen molar-refractivity contribution >= 4 is 11.6 Å². The van der Waals surface area contributed by atoms with Gasteiger partial charge in [-0.25, -0.2) is 4.99 Å². The number of aliphatic imine (C=N–C) groups is 1. The van der Waals surface area contributed by atoms with Crippen molar-refractivity contribution in [1.29, 1.82) is 0 Å². The van der Waals surface area contributed by atoms with Crippen LogP contribution in [0.4, 0.5) is 5.69 Å². The molecule has 0 aromatic heterocycles. The van der Waals surface area contributed by atoms with Gasteiger partial charge in [-0.1, -0.05) is 31.4 Å². The van der Waals surface area contributed by atoms with Crippen molar-refractivity contribution in [2.45, 2.75) is 52.0 Å². The van der Waals surface area contributed by atoms with Gasteiger partial charge in [-0.3, -0.25) is 0 Å². The van der Waals surface area contributed by atoms with Gasteiger partial charge in [0.1, 0.15) is 0 Å². The maximum atomic E-state index is 6.22. The number of rotatable bonds is 3. The van der Waals surface area contributed by atoms with E-state index in [0.717, 1.165) is 12.2 Å². The van der Waals surface area contributed by atoms with Crippen LogP contribution in [0, 0.1) is 6.92 Å². The number of nitrogens with two attached hydrogens (primary N) is 1. The zero-order valence-electron chi connectivity index (χ0n) is 12.1. The Morgan fingerprint density at radius 3 is 2.68 bits per heavy atom. The first-order valence-electron chi connectivity index (χ1n) is 7.38. The Bertz CT molecular complexity index is 433. The molecule has 1 fully saturated rings. The van der Waals surface area contributed by atoms with E-state index >= 15 is 0 Å². The van der Waals surface area contributed by atoms with Crippen molar-refractivity contribution in [2.24, 2.45) is 10.7 Å². The maximum absolute atomic E-state index is 6.22. The number of hydrogen-bond acceptors (Lipinski definition) is 1. The Hall–Kier alpha value is -1.51. The summed E-state index contributed by atoms with van der Waals surface area (Å²) in [6, 6.07) is 8.85. The first-order valence-corrected chi connectivity index (χ1v) is 7.38. The van der Waals surface area contributed by atoms with Gasteiger partial charge < -0.3 is 10.6 Å². The SMILES string of the molecule is CCN(C(N)=NC1CCCCC1)c1cccc(C)c1. The fraction of sp³-hybridized carbons (Fsp3) is 0.562. The van der Waals surface area contributed by atoms with Crippen LogP contribution in [0.2, 0.25) is 0 Å². The average Bonchev–Trinajstić information content (AvgIpc) is 2.41. The molecule has 0 radical (unpaired) electrons. The Morgan fingerprint density at radius 1 is 1.32 bits per heavy atom. The molecule has 1 aromatic carbocycles. The number of hydrogen-bond donors (Lipinski definition) is 1. The number of benzene rings is 1. The molecule has 0 spiro atoms. The minimum absolute atomic E-state index is 0.424. The minimum Gasteiger partial charge on any atom is -0.370 e. The Kier molecular flexibility index (Phi) is 4.83. The van der Waals surface area contributed by atoms with Crippen LogP contribution in [0.3, 0.4) is 0 Å². The molecule has 2 N–H and O–H groups in total. The van der Waals surface area contributed by atoms with Crippen LogP contribution >= 0.6 is 0 Å². The van der Waals surface area contributed by atoms with Crippen molar-refractivity contribution in [3.8, 4) is 0 Å². The molecule has 0 bridgehead atoms. The number of nitrogens with zero attached hydrogens (tertiary/aromatic N) is 2. The summed E-state index contributed by atoms with van der Waals surface area (Å²) in [6.45, 7) is 5.07. The van der Waals surface area contributed by atoms with E-state index < -0.39 is 0 Å². The molecule has 1 aliphatic carbocycles. The summed E-state index contributed by atoms with van der Waals surface area (Å²) in [4.78, 5) is 6.83. The predicted molar refractivity (Wildman–Crippen MR) is 82.7 cm³/mol. The Morgan fingerprint density at radius 2 is 2.05 bits per heavy atom. The van der Waals surface area contributed by atoms with E-state index in [2.05, 4.69) is 43.0 Å². The lowest BCUT2D eigenvalue weighted by Gasteiger charge is -2.25. The average molecular weight is 259 g/mol. The second-order valence-corrected chi connectivity index (χ2v) is 5.36. The highest BCUT2D eigenvalue weighted by Gasteiger charge is 2.15. The molecule has 2 rings (SSSR count). The summed E-state index contributed by atoms with van der Waals surface area (Å²) in [7, 11) is 0. The van der Waals surface area contributed by atoms with E-state index in [1.807, 2.05) is 0 Å². The van der Waals surface area contributed by atoms with Gasteiger partial charge in [0.15, 0.2) is 5.96 Å². The fourth-order valence-corrected chi connectivity index (χ4v) is 2.74. The van der Waals surface area contributed by atoms with E-state index in [4.69, 9.17) is 10.7 Å². The molecule has 3 nitrogen and oxygen atoms in total. The van der Waals surface area contributed by atoms with E-state index in [1.54, 1.807) is 0 Å². The van der Waals surface area contributed by atoms with E-state index in [-0.39, 0.29) is 0 Å². The molecule has 1 aromatic rings. The maximum Gasteiger partial charge on any atom is 0.196 e. The molecule has 0 aliphatic heterocycles. The van der Waals surface area contributed by atoms with Crippen molar-refractivity contribution < 1.29 is 0 Å². The van der Waals surface area contributed by atoms with Crippen LogP contribution in [-0.4, -0.2) is 18.5 Å². The lowest BCUT2D eigenvalue weighted by atomic mass is 9.96. The summed E-state index contributed by atoms with van der Waals surface area (Å²) in [5.74, 6) is 0.667. The quantitative estimate of drug-likeness (QED) is 0.667. The lowest BCUT2D eigenvalue weighted by molar-refractivity contribution is 0.442. The van der Waals surface area contributed by atoms with Crippen molar-refractivity contribution in [3.05, 3.63) is 29.8 Å². The monoisotopic (exact) mass is 259 g/mol. The largest absolute Gasteiger partial charge is 0.370 e. The first-order chi connectivity index (χ1) is 9.20. The van der Waals surface area contributed by atoms with Gasteiger partial charge in [-0.15, -0.1) is 0 Å². The number of aryl methyl sites for hydroxylation is 1. The van der Waals surface area contributed by atoms with E-state index in [1.165, 1.54) is 37.7 Å². The van der Waals surface area contributed by atoms with Crippen LogP contribution in [0.15, 0.2) is 29.3 Å². The predicted octanol–water partition coefficient (Wildman–Crippen LogP) is 3.47. The second kappa shape index (κ2) is 6.60. The zero-order chi connectivity index (χ0) is 13.7. The molecule has 3 heteroatoms. The number of guanidine groups is 1. The topological polar surface area (TPSA) is 41.6 Å². The molecule has 0 atom stereocenters. The summed E-state index contributed by atoms with van der Waals surface area (Å²) < 4.78 is 0. The summed E-state index contributed by atoms with van der Waals surface area (Å²) in [5.41, 5.74) is 8.61. The molecule has 1 saturated carbocycles. The Labute approximate surface area is 116 Å². The molecule has 0 saturated heterocycles. The van der Waals surface area contributed by atoms with E-state index in [0.29, 0.717) is 12.0 Å². The van der Waals surface area contributed by atoms with Crippen molar-refractivity contribution in [1.82, 2.24) is 0 Å². The van der Waals surface area contributed by atoms with Gasteiger partial charge in [0.05, 0.1) is 6.04 Å². The zero-order valence-corrected chi connectivity index (χ0v) is 12.1. The van der Waals surface area contributed by atoms with Crippen LogP contribution < -0.4 is 10.6 Å². The normalized spacial score (nSPS) is 17.5. The number of anilines is 1. The molecular formula is C16H25N3. The summed E-state index contributed by atoms with van der Waals surface area (Å²) in [5, 5.41) is 0. The smallest absolute Gasteiger partial charge is 0.196 e. The molecule has 1 aliphatic rings. The van der Waals surface area contributed by atoms with E-state index in [9.17, 15) is 0 Å². The van der Waals surface area contributed by atoms with Gasteiger partial charge in [0.25, 0.3) is 0 Å². The van der Waals surface area contributed by atoms with Crippen LogP contribution in [0.1, 0.15) is 44.6 Å².